The number of imidazole rings is 1. The van der Waals surface area contributed by atoms with Crippen LogP contribution in [-0.4, -0.2) is 31.8 Å². The van der Waals surface area contributed by atoms with Gasteiger partial charge in [0.15, 0.2) is 11.2 Å². The summed E-state index contributed by atoms with van der Waals surface area (Å²) < 4.78 is 14.4. The number of carbonyl (C=O) groups is 1. The molecule has 33 heavy (non-hydrogen) atoms. The number of rotatable bonds is 7. The Hall–Kier alpha value is -3.59. The molecule has 0 bridgehead atoms. The van der Waals surface area contributed by atoms with Gasteiger partial charge in [-0.1, -0.05) is 37.6 Å². The summed E-state index contributed by atoms with van der Waals surface area (Å²) in [5.41, 5.74) is -0.0923. The molecule has 3 aromatic heterocycles. The van der Waals surface area contributed by atoms with Crippen molar-refractivity contribution in [3.63, 3.8) is 0 Å². The van der Waals surface area contributed by atoms with Gasteiger partial charge in [0.05, 0.1) is 30.7 Å². The van der Waals surface area contributed by atoms with Crippen molar-refractivity contribution in [1.82, 2.24) is 18.7 Å². The van der Waals surface area contributed by atoms with Crippen LogP contribution in [0.1, 0.15) is 36.6 Å². The number of para-hydroxylation sites is 1. The van der Waals surface area contributed by atoms with Crippen LogP contribution in [0.3, 0.4) is 0 Å². The lowest BCUT2D eigenvalue weighted by atomic mass is 10.1. The van der Waals surface area contributed by atoms with Gasteiger partial charge in [-0.3, -0.25) is 9.36 Å². The zero-order valence-corrected chi connectivity index (χ0v) is 19.2. The molecule has 0 spiro atoms. The summed E-state index contributed by atoms with van der Waals surface area (Å²) in [5, 5.41) is 0.360. The molecule has 172 valence electrons. The average Bonchev–Trinajstić information content (AvgIpc) is 3.42. The Morgan fingerprint density at radius 2 is 1.94 bits per heavy atom. The molecule has 0 amide bonds. The second-order valence-corrected chi connectivity index (χ2v) is 8.42. The first kappa shape index (κ1) is 22.6. The summed E-state index contributed by atoms with van der Waals surface area (Å²) in [5.74, 6) is 0.184. The first-order valence-electron chi connectivity index (χ1n) is 10.4. The number of nitrogens with zero attached hydrogens (tertiary/aromatic N) is 4. The number of furan rings is 1. The maximum absolute atomic E-state index is 13.4. The van der Waals surface area contributed by atoms with Gasteiger partial charge >= 0.3 is 11.7 Å². The van der Waals surface area contributed by atoms with Gasteiger partial charge in [0.2, 0.25) is 5.76 Å². The Morgan fingerprint density at radius 3 is 2.64 bits per heavy atom. The van der Waals surface area contributed by atoms with Crippen molar-refractivity contribution in [2.45, 2.75) is 33.4 Å². The summed E-state index contributed by atoms with van der Waals surface area (Å²) in [4.78, 5) is 42.9. The van der Waals surface area contributed by atoms with E-state index in [0.717, 1.165) is 0 Å². The van der Waals surface area contributed by atoms with E-state index in [1.165, 1.54) is 28.6 Å². The van der Waals surface area contributed by atoms with Crippen molar-refractivity contribution in [3.8, 4) is 5.69 Å². The predicted molar refractivity (Wildman–Crippen MR) is 123 cm³/mol. The number of esters is 1. The summed E-state index contributed by atoms with van der Waals surface area (Å²) in [7, 11) is 1.27. The zero-order chi connectivity index (χ0) is 23.7. The zero-order valence-electron chi connectivity index (χ0n) is 18.4. The van der Waals surface area contributed by atoms with Gasteiger partial charge in [0.1, 0.15) is 5.76 Å². The predicted octanol–water partition coefficient (Wildman–Crippen LogP) is 3.48. The molecule has 3 heterocycles. The van der Waals surface area contributed by atoms with Crippen molar-refractivity contribution >= 4 is 28.7 Å². The van der Waals surface area contributed by atoms with Gasteiger partial charge in [0, 0.05) is 6.54 Å². The Labute approximate surface area is 193 Å². The molecule has 0 saturated carbocycles. The molecule has 10 heteroatoms. The highest BCUT2D eigenvalue weighted by Gasteiger charge is 2.21. The number of benzene rings is 1. The topological polar surface area (TPSA) is 101 Å². The lowest BCUT2D eigenvalue weighted by Crippen LogP contribution is -2.40. The highest BCUT2D eigenvalue weighted by molar-refractivity contribution is 6.32. The van der Waals surface area contributed by atoms with Crippen molar-refractivity contribution < 1.29 is 13.9 Å². The van der Waals surface area contributed by atoms with Crippen LogP contribution in [0.5, 0.6) is 0 Å². The van der Waals surface area contributed by atoms with Crippen LogP contribution >= 0.6 is 11.6 Å². The molecule has 0 unspecified atom stereocenters. The van der Waals surface area contributed by atoms with Crippen LogP contribution in [0.15, 0.2) is 56.7 Å². The van der Waals surface area contributed by atoms with Gasteiger partial charge in [-0.05, 0) is 36.6 Å². The molecule has 0 aliphatic rings. The molecule has 0 atom stereocenters. The number of fused-ring (bicyclic) bond motifs is 1. The number of aromatic nitrogens is 4. The molecule has 0 aliphatic heterocycles. The van der Waals surface area contributed by atoms with E-state index in [4.69, 9.17) is 16.0 Å². The van der Waals surface area contributed by atoms with Crippen molar-refractivity contribution in [2.75, 3.05) is 7.11 Å². The molecular weight excluding hydrogens is 448 g/mol. The van der Waals surface area contributed by atoms with E-state index >= 15 is 0 Å². The molecular formula is C23H23ClN4O5. The van der Waals surface area contributed by atoms with Crippen molar-refractivity contribution in [3.05, 3.63) is 80.1 Å². The molecule has 0 fully saturated rings. The van der Waals surface area contributed by atoms with Gasteiger partial charge in [-0.25, -0.2) is 19.1 Å². The lowest BCUT2D eigenvalue weighted by Gasteiger charge is -2.14. The molecule has 4 aromatic rings. The Morgan fingerprint density at radius 1 is 1.18 bits per heavy atom. The van der Waals surface area contributed by atoms with Crippen LogP contribution in [0.4, 0.5) is 0 Å². The largest absolute Gasteiger partial charge is 0.463 e. The number of hydrogen-bond acceptors (Lipinski definition) is 6. The molecule has 0 aliphatic carbocycles. The van der Waals surface area contributed by atoms with Gasteiger partial charge < -0.3 is 13.7 Å². The maximum atomic E-state index is 13.4. The average molecular weight is 471 g/mol. The van der Waals surface area contributed by atoms with E-state index in [-0.39, 0.29) is 30.0 Å². The van der Waals surface area contributed by atoms with Gasteiger partial charge in [-0.15, -0.1) is 0 Å². The highest BCUT2D eigenvalue weighted by atomic mass is 35.5. The third-order valence-electron chi connectivity index (χ3n) is 5.30. The molecule has 9 nitrogen and oxygen atoms in total. The SMILES string of the molecule is COC(=O)c1ccc(Cn2cnc3c2c(=O)n(CCC(C)C)c(=O)n3-c2ccccc2Cl)o1. The first-order chi connectivity index (χ1) is 15.8. The Balaban J connectivity index is 1.91. The summed E-state index contributed by atoms with van der Waals surface area (Å²) in [6, 6.07) is 10.0. The Kier molecular flexibility index (Phi) is 6.24. The highest BCUT2D eigenvalue weighted by Crippen LogP contribution is 2.22. The van der Waals surface area contributed by atoms with Gasteiger partial charge in [0.25, 0.3) is 5.56 Å². The second-order valence-electron chi connectivity index (χ2n) is 8.01. The fourth-order valence-electron chi connectivity index (χ4n) is 3.58. The van der Waals surface area contributed by atoms with Crippen LogP contribution < -0.4 is 11.2 Å². The van der Waals surface area contributed by atoms with Crippen LogP contribution in [-0.2, 0) is 17.8 Å². The van der Waals surface area contributed by atoms with E-state index in [1.807, 2.05) is 13.8 Å². The number of halogens is 1. The van der Waals surface area contributed by atoms with Crippen LogP contribution in [0, 0.1) is 5.92 Å². The van der Waals surface area contributed by atoms with E-state index in [2.05, 4.69) is 9.72 Å². The molecule has 0 saturated heterocycles. The fourth-order valence-corrected chi connectivity index (χ4v) is 3.80. The minimum Gasteiger partial charge on any atom is -0.463 e. The number of hydrogen-bond donors (Lipinski definition) is 0. The van der Waals surface area contributed by atoms with E-state index < -0.39 is 17.2 Å². The second kappa shape index (κ2) is 9.11. The number of ether oxygens (including phenoxy) is 1. The number of methoxy groups -OCH3 is 1. The fraction of sp³-hybridized carbons (Fsp3) is 0.304. The standard InChI is InChI=1S/C23H23ClN4O5/c1-14(2)10-11-27-21(29)19-20(28(23(27)31)17-7-5-4-6-16(17)24)25-13-26(19)12-15-8-9-18(33-15)22(30)32-3/h4-9,13-14H,10-12H2,1-3H3. The van der Waals surface area contributed by atoms with Gasteiger partial charge in [-0.2, -0.15) is 0 Å². The Bertz CT molecular complexity index is 1440. The minimum absolute atomic E-state index is 0.0549. The number of carbonyl (C=O) groups excluding carboxylic acids is 1. The molecule has 0 N–H and O–H groups in total. The third-order valence-corrected chi connectivity index (χ3v) is 5.62. The molecule has 4 rings (SSSR count). The monoisotopic (exact) mass is 470 g/mol. The van der Waals surface area contributed by atoms with E-state index in [1.54, 1.807) is 34.9 Å². The summed E-state index contributed by atoms with van der Waals surface area (Å²) in [6.07, 6.45) is 2.12. The quantitative estimate of drug-likeness (QED) is 0.383. The van der Waals surface area contributed by atoms with Crippen LogP contribution in [0.2, 0.25) is 5.02 Å². The normalized spacial score (nSPS) is 11.4. The molecule has 1 aromatic carbocycles. The smallest absolute Gasteiger partial charge is 0.373 e. The van der Waals surface area contributed by atoms with E-state index in [0.29, 0.717) is 28.8 Å². The maximum Gasteiger partial charge on any atom is 0.373 e. The minimum atomic E-state index is -0.597. The molecule has 0 radical (unpaired) electrons. The first-order valence-corrected chi connectivity index (χ1v) is 10.8. The summed E-state index contributed by atoms with van der Waals surface area (Å²) in [6.45, 7) is 4.44. The summed E-state index contributed by atoms with van der Waals surface area (Å²) >= 11 is 6.39. The lowest BCUT2D eigenvalue weighted by molar-refractivity contribution is 0.0563. The van der Waals surface area contributed by atoms with E-state index in [9.17, 15) is 14.4 Å². The van der Waals surface area contributed by atoms with Crippen molar-refractivity contribution in [1.29, 1.82) is 0 Å². The van der Waals surface area contributed by atoms with Crippen LogP contribution in [0.25, 0.3) is 16.9 Å². The van der Waals surface area contributed by atoms with Crippen molar-refractivity contribution in [2.24, 2.45) is 5.92 Å². The third kappa shape index (κ3) is 4.23.